The minimum absolute atomic E-state index is 0.0158. The summed E-state index contributed by atoms with van der Waals surface area (Å²) in [7, 11) is 3.54. The van der Waals surface area contributed by atoms with E-state index in [1.165, 1.54) is 0 Å². The molecule has 1 saturated heterocycles. The van der Waals surface area contributed by atoms with Crippen molar-refractivity contribution < 1.29 is 9.59 Å². The van der Waals surface area contributed by atoms with Crippen molar-refractivity contribution >= 4 is 33.4 Å². The van der Waals surface area contributed by atoms with Gasteiger partial charge in [-0.15, -0.1) is 0 Å². The number of para-hydroxylation sites is 1. The fraction of sp³-hybridized carbons (Fsp3) is 0.440. The molecule has 4 rings (SSSR count). The van der Waals surface area contributed by atoms with Gasteiger partial charge in [0.1, 0.15) is 5.41 Å². The molecule has 4 atom stereocenters. The third kappa shape index (κ3) is 3.60. The van der Waals surface area contributed by atoms with E-state index in [4.69, 9.17) is 0 Å². The second kappa shape index (κ2) is 7.75. The van der Waals surface area contributed by atoms with Gasteiger partial charge >= 0.3 is 0 Å². The Balaban J connectivity index is 2.00. The van der Waals surface area contributed by atoms with E-state index in [1.54, 1.807) is 19.0 Å². The summed E-state index contributed by atoms with van der Waals surface area (Å²) in [5, 5.41) is 6.77. The summed E-state index contributed by atoms with van der Waals surface area (Å²) in [4.78, 5) is 28.9. The number of nitrogens with one attached hydrogen (secondary N) is 2. The van der Waals surface area contributed by atoms with E-state index in [2.05, 4.69) is 47.3 Å². The third-order valence-electron chi connectivity index (χ3n) is 6.48. The molecule has 1 spiro atoms. The predicted molar refractivity (Wildman–Crippen MR) is 127 cm³/mol. The molecule has 164 valence electrons. The lowest BCUT2D eigenvalue weighted by Crippen LogP contribution is -2.49. The van der Waals surface area contributed by atoms with Gasteiger partial charge in [0.25, 0.3) is 0 Å². The minimum Gasteiger partial charge on any atom is -0.347 e. The highest BCUT2D eigenvalue weighted by atomic mass is 79.9. The number of carbonyl (C=O) groups excluding carboxylic acids is 2. The summed E-state index contributed by atoms with van der Waals surface area (Å²) in [6, 6.07) is 15.2. The molecular formula is C25H30BrN3O2. The number of benzene rings is 2. The zero-order chi connectivity index (χ0) is 22.6. The monoisotopic (exact) mass is 483 g/mol. The van der Waals surface area contributed by atoms with Gasteiger partial charge < -0.3 is 15.5 Å². The maximum absolute atomic E-state index is 13.9. The van der Waals surface area contributed by atoms with Gasteiger partial charge in [0.05, 0.1) is 6.04 Å². The molecule has 2 aromatic carbocycles. The molecule has 6 heteroatoms. The van der Waals surface area contributed by atoms with Gasteiger partial charge in [-0.2, -0.15) is 0 Å². The molecule has 2 aliphatic heterocycles. The first-order valence-electron chi connectivity index (χ1n) is 10.7. The molecule has 0 aliphatic carbocycles. The molecule has 0 bridgehead atoms. The number of halogens is 1. The first-order valence-corrected chi connectivity index (χ1v) is 11.5. The molecule has 2 heterocycles. The highest BCUT2D eigenvalue weighted by molar-refractivity contribution is 9.10. The van der Waals surface area contributed by atoms with Crippen LogP contribution in [0.1, 0.15) is 44.2 Å². The highest BCUT2D eigenvalue weighted by Gasteiger charge is 2.65. The number of likely N-dealkylation sites (N-methyl/N-ethyl adjacent to an activating group) is 1. The summed E-state index contributed by atoms with van der Waals surface area (Å²) < 4.78 is 0.933. The summed E-state index contributed by atoms with van der Waals surface area (Å²) >= 11 is 3.59. The van der Waals surface area contributed by atoms with Crippen LogP contribution in [0.5, 0.6) is 0 Å². The molecule has 2 aliphatic rings. The van der Waals surface area contributed by atoms with Crippen LogP contribution < -0.4 is 10.6 Å². The fourth-order valence-electron chi connectivity index (χ4n) is 5.36. The van der Waals surface area contributed by atoms with Crippen molar-refractivity contribution in [2.24, 2.45) is 5.41 Å². The van der Waals surface area contributed by atoms with Crippen molar-refractivity contribution in [1.82, 2.24) is 10.2 Å². The van der Waals surface area contributed by atoms with Gasteiger partial charge in [0, 0.05) is 36.2 Å². The van der Waals surface area contributed by atoms with Crippen LogP contribution in [0.3, 0.4) is 0 Å². The Morgan fingerprint density at radius 1 is 1.13 bits per heavy atom. The van der Waals surface area contributed by atoms with Gasteiger partial charge in [-0.05, 0) is 41.2 Å². The standard InChI is InChI=1S/C25H30BrN3O2/c1-24(2,3)14-19-25(17-11-6-7-12-18(17)27-23(25)31)20(15-9-8-10-16(26)13-15)21(28-19)22(30)29(4)5/h6-13,19-21,28H,14H2,1-5H3,(H,27,31)/t19-,20+,21-,25+/m1/s1. The van der Waals surface area contributed by atoms with Crippen LogP contribution in [0.4, 0.5) is 5.69 Å². The zero-order valence-electron chi connectivity index (χ0n) is 18.7. The Hall–Kier alpha value is -2.18. The quantitative estimate of drug-likeness (QED) is 0.684. The van der Waals surface area contributed by atoms with Crippen molar-refractivity contribution in [3.63, 3.8) is 0 Å². The van der Waals surface area contributed by atoms with Crippen molar-refractivity contribution in [3.8, 4) is 0 Å². The highest BCUT2D eigenvalue weighted by Crippen LogP contribution is 2.56. The minimum atomic E-state index is -0.874. The van der Waals surface area contributed by atoms with Gasteiger partial charge in [0.2, 0.25) is 11.8 Å². The topological polar surface area (TPSA) is 61.4 Å². The van der Waals surface area contributed by atoms with Gasteiger partial charge in [0.15, 0.2) is 0 Å². The number of amides is 2. The number of carbonyl (C=O) groups is 2. The lowest BCUT2D eigenvalue weighted by molar-refractivity contribution is -0.131. The maximum atomic E-state index is 13.9. The Morgan fingerprint density at radius 2 is 1.84 bits per heavy atom. The molecule has 2 amide bonds. The van der Waals surface area contributed by atoms with E-state index in [0.717, 1.165) is 27.7 Å². The number of nitrogens with zero attached hydrogens (tertiary/aromatic N) is 1. The molecule has 0 unspecified atom stereocenters. The van der Waals surface area contributed by atoms with Crippen LogP contribution in [0.15, 0.2) is 53.0 Å². The number of rotatable bonds is 3. The summed E-state index contributed by atoms with van der Waals surface area (Å²) in [5.74, 6) is -0.386. The maximum Gasteiger partial charge on any atom is 0.239 e. The third-order valence-corrected chi connectivity index (χ3v) is 6.98. The number of hydrogen-bond acceptors (Lipinski definition) is 3. The fourth-order valence-corrected chi connectivity index (χ4v) is 5.78. The Labute approximate surface area is 192 Å². The molecule has 2 N–H and O–H groups in total. The van der Waals surface area contributed by atoms with E-state index < -0.39 is 11.5 Å². The van der Waals surface area contributed by atoms with Gasteiger partial charge in [-0.25, -0.2) is 0 Å². The van der Waals surface area contributed by atoms with Crippen LogP contribution >= 0.6 is 15.9 Å². The molecule has 0 aromatic heterocycles. The van der Waals surface area contributed by atoms with Crippen LogP contribution in [0, 0.1) is 5.41 Å². The van der Waals surface area contributed by atoms with Crippen molar-refractivity contribution in [2.45, 2.75) is 50.6 Å². The van der Waals surface area contributed by atoms with Crippen LogP contribution in [0.2, 0.25) is 0 Å². The SMILES string of the molecule is CN(C)C(=O)[C@@H]1N[C@H](CC(C)(C)C)[C@]2(C(=O)Nc3ccccc32)[C@H]1c1cccc(Br)c1. The molecule has 2 aromatic rings. The zero-order valence-corrected chi connectivity index (χ0v) is 20.3. The summed E-state index contributed by atoms with van der Waals surface area (Å²) in [6.07, 6.45) is 0.760. The molecule has 0 saturated carbocycles. The number of fused-ring (bicyclic) bond motifs is 2. The molecule has 5 nitrogen and oxygen atoms in total. The van der Waals surface area contributed by atoms with E-state index in [-0.39, 0.29) is 29.2 Å². The summed E-state index contributed by atoms with van der Waals surface area (Å²) in [5.41, 5.74) is 1.89. The average Bonchev–Trinajstić information content (AvgIpc) is 3.16. The van der Waals surface area contributed by atoms with Crippen LogP contribution in [-0.4, -0.2) is 42.9 Å². The second-order valence-corrected chi connectivity index (χ2v) is 11.0. The van der Waals surface area contributed by atoms with Crippen molar-refractivity contribution in [2.75, 3.05) is 19.4 Å². The van der Waals surface area contributed by atoms with E-state index in [9.17, 15) is 9.59 Å². The Bertz CT molecular complexity index is 1030. The van der Waals surface area contributed by atoms with Crippen LogP contribution in [-0.2, 0) is 15.0 Å². The summed E-state index contributed by atoms with van der Waals surface area (Å²) in [6.45, 7) is 6.53. The van der Waals surface area contributed by atoms with E-state index >= 15 is 0 Å². The molecule has 1 fully saturated rings. The second-order valence-electron chi connectivity index (χ2n) is 10.1. The van der Waals surface area contributed by atoms with E-state index in [0.29, 0.717) is 0 Å². The van der Waals surface area contributed by atoms with Gasteiger partial charge in [-0.3, -0.25) is 9.59 Å². The van der Waals surface area contributed by atoms with Crippen LogP contribution in [0.25, 0.3) is 0 Å². The van der Waals surface area contributed by atoms with Crippen molar-refractivity contribution in [1.29, 1.82) is 0 Å². The molecule has 31 heavy (non-hydrogen) atoms. The normalized spacial score (nSPS) is 27.3. The Kier molecular flexibility index (Phi) is 5.51. The van der Waals surface area contributed by atoms with Gasteiger partial charge in [-0.1, -0.05) is 67.0 Å². The van der Waals surface area contributed by atoms with E-state index in [1.807, 2.05) is 48.5 Å². The first kappa shape index (κ1) is 22.0. The first-order chi connectivity index (χ1) is 14.6. The lowest BCUT2D eigenvalue weighted by atomic mass is 9.62. The predicted octanol–water partition coefficient (Wildman–Crippen LogP) is 4.29. The Morgan fingerprint density at radius 3 is 2.48 bits per heavy atom. The largest absolute Gasteiger partial charge is 0.347 e. The molecule has 0 radical (unpaired) electrons. The van der Waals surface area contributed by atoms with Crippen molar-refractivity contribution in [3.05, 3.63) is 64.1 Å². The smallest absolute Gasteiger partial charge is 0.239 e. The number of anilines is 1. The average molecular weight is 484 g/mol. The lowest BCUT2D eigenvalue weighted by Gasteiger charge is -2.37. The molecular weight excluding hydrogens is 454 g/mol. The number of hydrogen-bond donors (Lipinski definition) is 2.